The van der Waals surface area contributed by atoms with Crippen molar-refractivity contribution in [3.8, 4) is 0 Å². The van der Waals surface area contributed by atoms with Crippen LogP contribution in [0.2, 0.25) is 0 Å². The van der Waals surface area contributed by atoms with Gasteiger partial charge in [-0.25, -0.2) is 0 Å². The Morgan fingerprint density at radius 2 is 2.25 bits per heavy atom. The van der Waals surface area contributed by atoms with Gasteiger partial charge in [0.05, 0.1) is 0 Å². The normalized spacial score (nSPS) is 9.25. The predicted octanol–water partition coefficient (Wildman–Crippen LogP) is -0.794. The van der Waals surface area contributed by atoms with Crippen molar-refractivity contribution in [2.75, 3.05) is 0 Å². The summed E-state index contributed by atoms with van der Waals surface area (Å²) in [6, 6.07) is 0. The Hall–Kier alpha value is 0.243. The van der Waals surface area contributed by atoms with Gasteiger partial charge in [0.2, 0.25) is 0 Å². The molecule has 0 unspecified atom stereocenters. The Balaban J connectivity index is 2.30. The van der Waals surface area contributed by atoms with E-state index in [4.69, 9.17) is 4.13 Å². The summed E-state index contributed by atoms with van der Waals surface area (Å²) in [4.78, 5) is 1.62. The van der Waals surface area contributed by atoms with Crippen LogP contribution in [-0.2, 0) is 0 Å². The van der Waals surface area contributed by atoms with Crippen molar-refractivity contribution in [2.24, 2.45) is 0 Å². The van der Waals surface area contributed by atoms with Gasteiger partial charge in [-0.3, -0.25) is 0 Å². The summed E-state index contributed by atoms with van der Waals surface area (Å²) in [6.45, 7) is 3.31. The third kappa shape index (κ3) is 2.24. The molecule has 0 aromatic rings. The van der Waals surface area contributed by atoms with Gasteiger partial charge in [-0.2, -0.15) is 0 Å². The van der Waals surface area contributed by atoms with Crippen molar-refractivity contribution in [1.29, 1.82) is 0 Å². The Labute approximate surface area is 32.2 Å². The molecule has 0 fully saturated rings. The Morgan fingerprint density at radius 3 is 2.25 bits per heavy atom. The third-order valence-electron chi connectivity index (χ3n) is 0.129. The van der Waals surface area contributed by atoms with Crippen molar-refractivity contribution in [1.82, 2.24) is 0 Å². The summed E-state index contributed by atoms with van der Waals surface area (Å²) in [6.07, 6.45) is 0. The Morgan fingerprint density at radius 1 is 2.00 bits per heavy atom. The standard InChI is InChI=1S/C2H6GeO/c1-2-3-4/h2,4H,1,3H2. The van der Waals surface area contributed by atoms with E-state index in [9.17, 15) is 0 Å². The molecule has 0 atom stereocenters. The Kier molecular flexibility index (Phi) is 3.44. The molecule has 4 heavy (non-hydrogen) atoms. The minimum atomic E-state index is -1.12. The summed E-state index contributed by atoms with van der Waals surface area (Å²) in [7, 11) is 0. The number of rotatable bonds is 1. The zero-order chi connectivity index (χ0) is 3.41. The molecular weight excluding hydrogens is 113 g/mol. The Bertz CT molecular complexity index is 20.0. The average molecular weight is 119 g/mol. The monoisotopic (exact) mass is 120 g/mol. The molecule has 0 spiro atoms. The zero-order valence-electron chi connectivity index (χ0n) is 2.44. The van der Waals surface area contributed by atoms with Crippen LogP contribution in [0.1, 0.15) is 0 Å². The molecule has 0 aromatic carbocycles. The van der Waals surface area contributed by atoms with Crippen molar-refractivity contribution in [3.63, 3.8) is 0 Å². The third-order valence-corrected chi connectivity index (χ3v) is 0.671. The molecule has 0 aliphatic carbocycles. The van der Waals surface area contributed by atoms with E-state index >= 15 is 0 Å². The molecule has 0 aromatic heterocycles. The van der Waals surface area contributed by atoms with Crippen LogP contribution in [0.4, 0.5) is 0 Å². The zero-order valence-corrected chi connectivity index (χ0v) is 5.41. The first-order valence-corrected chi connectivity index (χ1v) is 4.17. The van der Waals surface area contributed by atoms with E-state index in [-0.39, 0.29) is 0 Å². The number of hydrogen-bond donors (Lipinski definition) is 1. The fraction of sp³-hybridized carbons (Fsp3) is 0. The van der Waals surface area contributed by atoms with Crippen molar-refractivity contribution in [3.05, 3.63) is 11.5 Å². The summed E-state index contributed by atoms with van der Waals surface area (Å²) < 4.78 is 7.94. The quantitative estimate of drug-likeness (QED) is 0.448. The summed E-state index contributed by atoms with van der Waals surface area (Å²) in [5.74, 6) is 0. The second-order valence-corrected chi connectivity index (χ2v) is 2.45. The van der Waals surface area contributed by atoms with Gasteiger partial charge >= 0.3 is 31.4 Å². The summed E-state index contributed by atoms with van der Waals surface area (Å²) in [5, 5.41) is 0. The predicted molar refractivity (Wildman–Crippen MR) is 21.0 cm³/mol. The molecule has 0 radical (unpaired) electrons. The van der Waals surface area contributed by atoms with E-state index < -0.39 is 15.8 Å². The second-order valence-electron chi connectivity index (χ2n) is 0.471. The van der Waals surface area contributed by atoms with Gasteiger partial charge in [-0.05, 0) is 0 Å². The van der Waals surface area contributed by atoms with Gasteiger partial charge < -0.3 is 0 Å². The first kappa shape index (κ1) is 4.24. The SMILES string of the molecule is C=[CH][GeH2][OH]. The van der Waals surface area contributed by atoms with Crippen LogP contribution >= 0.6 is 0 Å². The van der Waals surface area contributed by atoms with Gasteiger partial charge in [0, 0.05) is 0 Å². The topological polar surface area (TPSA) is 20.2 Å². The molecule has 0 saturated heterocycles. The molecule has 0 rings (SSSR count). The molecule has 2 heteroatoms. The van der Waals surface area contributed by atoms with Gasteiger partial charge in [0.25, 0.3) is 0 Å². The fourth-order valence-electron chi connectivity index (χ4n) is 0. The van der Waals surface area contributed by atoms with E-state index in [1.807, 2.05) is 0 Å². The van der Waals surface area contributed by atoms with Crippen molar-refractivity contribution in [2.45, 2.75) is 0 Å². The summed E-state index contributed by atoms with van der Waals surface area (Å²) in [5.41, 5.74) is 0. The fourth-order valence-corrected chi connectivity index (χ4v) is 0. The molecule has 0 aliphatic rings. The van der Waals surface area contributed by atoms with Crippen molar-refractivity contribution < 1.29 is 4.13 Å². The van der Waals surface area contributed by atoms with Crippen LogP contribution in [0.15, 0.2) is 11.5 Å². The van der Waals surface area contributed by atoms with E-state index in [1.54, 1.807) is 4.91 Å². The number of hydrogen-bond acceptors (Lipinski definition) is 1. The maximum absolute atomic E-state index is 7.94. The van der Waals surface area contributed by atoms with Gasteiger partial charge in [-0.1, -0.05) is 0 Å². The summed E-state index contributed by atoms with van der Waals surface area (Å²) >= 11 is -1.12. The van der Waals surface area contributed by atoms with Crippen LogP contribution in [0.25, 0.3) is 0 Å². The molecule has 0 saturated carbocycles. The maximum atomic E-state index is 7.94. The molecular formula is C2H6GeO. The molecule has 24 valence electrons. The van der Waals surface area contributed by atoms with E-state index in [0.717, 1.165) is 0 Å². The van der Waals surface area contributed by atoms with Gasteiger partial charge in [-0.15, -0.1) is 0 Å². The molecule has 1 N–H and O–H groups in total. The second kappa shape index (κ2) is 3.24. The molecule has 0 aliphatic heterocycles. The van der Waals surface area contributed by atoms with E-state index in [0.29, 0.717) is 0 Å². The minimum absolute atomic E-state index is 1.12. The molecule has 1 nitrogen and oxygen atoms in total. The van der Waals surface area contributed by atoms with Gasteiger partial charge in [0.1, 0.15) is 0 Å². The van der Waals surface area contributed by atoms with Gasteiger partial charge in [0.15, 0.2) is 0 Å². The van der Waals surface area contributed by atoms with Crippen LogP contribution in [0, 0.1) is 0 Å². The molecule has 0 heterocycles. The van der Waals surface area contributed by atoms with Crippen LogP contribution in [0.3, 0.4) is 0 Å². The first-order valence-electron chi connectivity index (χ1n) is 1.13. The van der Waals surface area contributed by atoms with Crippen LogP contribution in [-0.4, -0.2) is 19.9 Å². The molecule has 0 amide bonds. The van der Waals surface area contributed by atoms with Crippen LogP contribution in [0.5, 0.6) is 0 Å². The molecule has 0 bridgehead atoms. The van der Waals surface area contributed by atoms with E-state index in [1.165, 1.54) is 0 Å². The van der Waals surface area contributed by atoms with E-state index in [2.05, 4.69) is 6.58 Å². The van der Waals surface area contributed by atoms with Crippen molar-refractivity contribution >= 4 is 15.8 Å². The average Bonchev–Trinajstić information content (AvgIpc) is 1.37. The first-order chi connectivity index (χ1) is 1.91. The van der Waals surface area contributed by atoms with Crippen LogP contribution < -0.4 is 0 Å².